The summed E-state index contributed by atoms with van der Waals surface area (Å²) in [4.78, 5) is 2.36. The Labute approximate surface area is 368 Å². The van der Waals surface area contributed by atoms with E-state index in [1.54, 1.807) is 0 Å². The molecule has 0 amide bonds. The average Bonchev–Trinajstić information content (AvgIpc) is 3.92. The van der Waals surface area contributed by atoms with Gasteiger partial charge in [-0.2, -0.15) is 0 Å². The molecule has 0 spiro atoms. The van der Waals surface area contributed by atoms with Gasteiger partial charge >= 0.3 is 0 Å². The van der Waals surface area contributed by atoms with Crippen molar-refractivity contribution in [2.45, 2.75) is 6.42 Å². The van der Waals surface area contributed by atoms with E-state index in [1.165, 1.54) is 94.3 Å². The molecule has 0 N–H and O–H groups in total. The van der Waals surface area contributed by atoms with E-state index in [-0.39, 0.29) is 0 Å². The summed E-state index contributed by atoms with van der Waals surface area (Å²) in [7, 11) is 0. The van der Waals surface area contributed by atoms with Crippen LogP contribution in [0.4, 0.5) is 17.1 Å². The van der Waals surface area contributed by atoms with Crippen molar-refractivity contribution in [1.29, 1.82) is 0 Å². The minimum Gasteiger partial charge on any atom is -0.311 e. The van der Waals surface area contributed by atoms with E-state index < -0.39 is 0 Å². The van der Waals surface area contributed by atoms with Crippen LogP contribution in [0, 0.1) is 0 Å². The molecule has 0 fully saturated rings. The maximum absolute atomic E-state index is 2.41. The highest BCUT2D eigenvalue weighted by Gasteiger charge is 2.26. The molecule has 1 aromatic heterocycles. The molecule has 1 aliphatic carbocycles. The zero-order valence-electron chi connectivity index (χ0n) is 34.7. The molecule has 0 atom stereocenters. The van der Waals surface area contributed by atoms with Gasteiger partial charge in [-0.15, -0.1) is 0 Å². The SMILES string of the molecule is c1ccc(-c2ccc(N(c3ccc(-c4ccccc4)cc3)c3ccc(-c4cccc5c4-c4c(cccc4-c4ccc6c(c4)c4ccccc4n6-c4ccccc4)C5)cc3)cc2)cc1. The Bertz CT molecular complexity index is 3340. The van der Waals surface area contributed by atoms with Gasteiger partial charge in [-0.25, -0.2) is 0 Å². The van der Waals surface area contributed by atoms with Gasteiger partial charge in [-0.05, 0) is 140 Å². The summed E-state index contributed by atoms with van der Waals surface area (Å²) < 4.78 is 2.39. The number of hydrogen-bond acceptors (Lipinski definition) is 1. The molecule has 0 saturated heterocycles. The standard InChI is InChI=1S/C61H42N2/c1-4-14-42(15-5-1)44-26-33-51(34-27-44)62(52-35-28-45(29-36-52)43-16-6-2-7-17-43)53-37-30-46(31-38-53)54-23-12-18-48-40-49-19-13-24-55(61(49)60(48)54)47-32-39-59-57(41-47)56-22-10-11-25-58(56)63(59)50-20-8-3-9-21-50/h1-39,41H,40H2. The lowest BCUT2D eigenvalue weighted by Crippen LogP contribution is -2.09. The van der Waals surface area contributed by atoms with E-state index in [1.807, 2.05) is 0 Å². The van der Waals surface area contributed by atoms with Gasteiger partial charge in [-0.3, -0.25) is 0 Å². The maximum atomic E-state index is 2.41. The summed E-state index contributed by atoms with van der Waals surface area (Å²) in [5.74, 6) is 0. The van der Waals surface area contributed by atoms with Crippen LogP contribution in [0.15, 0.2) is 243 Å². The van der Waals surface area contributed by atoms with Crippen molar-refractivity contribution in [3.63, 3.8) is 0 Å². The van der Waals surface area contributed by atoms with Gasteiger partial charge in [0.25, 0.3) is 0 Å². The lowest BCUT2D eigenvalue weighted by Gasteiger charge is -2.26. The molecule has 63 heavy (non-hydrogen) atoms. The summed E-state index contributed by atoms with van der Waals surface area (Å²) in [6.07, 6.45) is 0.922. The molecule has 1 aliphatic rings. The van der Waals surface area contributed by atoms with Gasteiger partial charge < -0.3 is 9.47 Å². The number of hydrogen-bond donors (Lipinski definition) is 0. The molecular weight excluding hydrogens is 761 g/mol. The average molecular weight is 803 g/mol. The van der Waals surface area contributed by atoms with Crippen LogP contribution in [0.25, 0.3) is 83.1 Å². The first kappa shape index (κ1) is 36.6. The maximum Gasteiger partial charge on any atom is 0.0541 e. The topological polar surface area (TPSA) is 8.17 Å². The molecule has 2 heteroatoms. The number of anilines is 3. The predicted octanol–water partition coefficient (Wildman–Crippen LogP) is 16.5. The van der Waals surface area contributed by atoms with Gasteiger partial charge in [-0.1, -0.05) is 176 Å². The van der Waals surface area contributed by atoms with Crippen LogP contribution in [-0.4, -0.2) is 4.57 Å². The molecular formula is C61H42N2. The minimum absolute atomic E-state index is 0.922. The second-order valence-corrected chi connectivity index (χ2v) is 16.5. The Hall–Kier alpha value is -8.20. The van der Waals surface area contributed by atoms with Crippen LogP contribution in [0.5, 0.6) is 0 Å². The summed E-state index contributed by atoms with van der Waals surface area (Å²) >= 11 is 0. The fourth-order valence-corrected chi connectivity index (χ4v) is 9.87. The van der Waals surface area contributed by atoms with Crippen molar-refractivity contribution in [2.75, 3.05) is 4.90 Å². The van der Waals surface area contributed by atoms with Crippen molar-refractivity contribution >= 4 is 38.9 Å². The fourth-order valence-electron chi connectivity index (χ4n) is 9.87. The van der Waals surface area contributed by atoms with Gasteiger partial charge in [0.2, 0.25) is 0 Å². The second kappa shape index (κ2) is 15.4. The summed E-state index contributed by atoms with van der Waals surface area (Å²) in [5, 5.41) is 2.53. The van der Waals surface area contributed by atoms with Crippen molar-refractivity contribution in [3.05, 3.63) is 254 Å². The van der Waals surface area contributed by atoms with Gasteiger partial charge in [0.15, 0.2) is 0 Å². The number of fused-ring (bicyclic) bond motifs is 6. The molecule has 0 saturated carbocycles. The first-order valence-corrected chi connectivity index (χ1v) is 21.8. The number of rotatable bonds is 8. The van der Waals surface area contributed by atoms with Gasteiger partial charge in [0.05, 0.1) is 11.0 Å². The molecule has 0 radical (unpaired) electrons. The summed E-state index contributed by atoms with van der Waals surface area (Å²) in [6.45, 7) is 0. The van der Waals surface area contributed by atoms with Crippen LogP contribution in [0.2, 0.25) is 0 Å². The van der Waals surface area contributed by atoms with Crippen LogP contribution < -0.4 is 4.90 Å². The second-order valence-electron chi connectivity index (χ2n) is 16.5. The van der Waals surface area contributed by atoms with Crippen molar-refractivity contribution in [3.8, 4) is 61.3 Å². The first-order valence-electron chi connectivity index (χ1n) is 21.8. The van der Waals surface area contributed by atoms with Crippen LogP contribution in [0.1, 0.15) is 11.1 Å². The monoisotopic (exact) mass is 802 g/mol. The first-order chi connectivity index (χ1) is 31.2. The molecule has 10 aromatic carbocycles. The van der Waals surface area contributed by atoms with Crippen LogP contribution in [0.3, 0.4) is 0 Å². The highest BCUT2D eigenvalue weighted by molar-refractivity contribution is 6.11. The fraction of sp³-hybridized carbons (Fsp3) is 0.0164. The molecule has 1 heterocycles. The Morgan fingerprint density at radius 2 is 0.730 bits per heavy atom. The smallest absolute Gasteiger partial charge is 0.0541 e. The van der Waals surface area contributed by atoms with Crippen molar-refractivity contribution in [2.24, 2.45) is 0 Å². The zero-order valence-corrected chi connectivity index (χ0v) is 34.7. The highest BCUT2D eigenvalue weighted by atomic mass is 15.1. The molecule has 11 aromatic rings. The molecule has 2 nitrogen and oxygen atoms in total. The van der Waals surface area contributed by atoms with Crippen LogP contribution >= 0.6 is 0 Å². The number of nitrogens with zero attached hydrogens (tertiary/aromatic N) is 2. The number of para-hydroxylation sites is 2. The van der Waals surface area contributed by atoms with Crippen molar-refractivity contribution in [1.82, 2.24) is 4.57 Å². The van der Waals surface area contributed by atoms with E-state index >= 15 is 0 Å². The minimum atomic E-state index is 0.922. The molecule has 296 valence electrons. The number of aromatic nitrogens is 1. The Balaban J connectivity index is 0.939. The third-order valence-electron chi connectivity index (χ3n) is 12.8. The molecule has 0 aliphatic heterocycles. The summed E-state index contributed by atoms with van der Waals surface area (Å²) in [5.41, 5.74) is 22.2. The van der Waals surface area contributed by atoms with E-state index in [9.17, 15) is 0 Å². The van der Waals surface area contributed by atoms with Gasteiger partial charge in [0.1, 0.15) is 0 Å². The van der Waals surface area contributed by atoms with E-state index in [0.29, 0.717) is 0 Å². The Morgan fingerprint density at radius 3 is 1.29 bits per heavy atom. The Morgan fingerprint density at radius 1 is 0.302 bits per heavy atom. The largest absolute Gasteiger partial charge is 0.311 e. The van der Waals surface area contributed by atoms with E-state index in [4.69, 9.17) is 0 Å². The van der Waals surface area contributed by atoms with E-state index in [2.05, 4.69) is 252 Å². The zero-order chi connectivity index (χ0) is 41.7. The third kappa shape index (κ3) is 6.43. The summed E-state index contributed by atoms with van der Waals surface area (Å²) in [6, 6.07) is 88.5. The quantitative estimate of drug-likeness (QED) is 0.149. The molecule has 12 rings (SSSR count). The van der Waals surface area contributed by atoms with Gasteiger partial charge in [0, 0.05) is 33.5 Å². The normalized spacial score (nSPS) is 11.7. The van der Waals surface area contributed by atoms with E-state index in [0.717, 1.165) is 23.5 Å². The highest BCUT2D eigenvalue weighted by Crippen LogP contribution is 2.49. The van der Waals surface area contributed by atoms with Crippen molar-refractivity contribution < 1.29 is 0 Å². The van der Waals surface area contributed by atoms with Crippen LogP contribution in [-0.2, 0) is 6.42 Å². The molecule has 0 bridgehead atoms. The third-order valence-corrected chi connectivity index (χ3v) is 12.8. The lowest BCUT2D eigenvalue weighted by molar-refractivity contribution is 1.18. The predicted molar refractivity (Wildman–Crippen MR) is 265 cm³/mol. The Kier molecular flexibility index (Phi) is 8.93. The molecule has 0 unspecified atom stereocenters. The lowest BCUT2D eigenvalue weighted by atomic mass is 9.89. The number of benzene rings is 10.